The Hall–Kier alpha value is -3.23. The first-order valence-corrected chi connectivity index (χ1v) is 15.5. The monoisotopic (exact) mass is 573 g/mol. The lowest BCUT2D eigenvalue weighted by molar-refractivity contribution is -0.158. The van der Waals surface area contributed by atoms with Crippen LogP contribution in [0.2, 0.25) is 0 Å². The van der Waals surface area contributed by atoms with Gasteiger partial charge in [0.2, 0.25) is 5.91 Å². The van der Waals surface area contributed by atoms with Crippen molar-refractivity contribution in [3.05, 3.63) is 65.2 Å². The molecule has 1 saturated carbocycles. The fourth-order valence-corrected chi connectivity index (χ4v) is 7.84. The van der Waals surface area contributed by atoms with Gasteiger partial charge >= 0.3 is 0 Å². The first-order chi connectivity index (χ1) is 20.1. The molecule has 1 N–H and O–H groups in total. The molecule has 0 aromatic heterocycles. The number of likely N-dealkylation sites (tertiary alicyclic amines) is 1. The van der Waals surface area contributed by atoms with Crippen LogP contribution in [0.5, 0.6) is 0 Å². The Balaban J connectivity index is 1.22. The summed E-state index contributed by atoms with van der Waals surface area (Å²) >= 11 is 0. The molecule has 0 spiro atoms. The van der Waals surface area contributed by atoms with Crippen molar-refractivity contribution in [2.45, 2.75) is 76.0 Å². The Kier molecular flexibility index (Phi) is 7.64. The number of hydrogen-bond acceptors (Lipinski definition) is 6. The summed E-state index contributed by atoms with van der Waals surface area (Å²) in [6, 6.07) is 15.5. The van der Waals surface area contributed by atoms with Crippen LogP contribution in [0.1, 0.15) is 85.1 Å². The van der Waals surface area contributed by atoms with Crippen molar-refractivity contribution in [1.29, 1.82) is 0 Å². The molecule has 2 aromatic rings. The van der Waals surface area contributed by atoms with E-state index >= 15 is 0 Å². The topological polar surface area (TPSA) is 90.4 Å². The van der Waals surface area contributed by atoms with E-state index in [9.17, 15) is 19.5 Å². The van der Waals surface area contributed by atoms with E-state index in [-0.39, 0.29) is 42.1 Å². The van der Waals surface area contributed by atoms with E-state index in [0.29, 0.717) is 30.6 Å². The molecule has 2 aromatic carbocycles. The molecule has 3 aliphatic heterocycles. The molecular formula is C34H43N3O5. The van der Waals surface area contributed by atoms with Gasteiger partial charge in [0.1, 0.15) is 0 Å². The van der Waals surface area contributed by atoms with E-state index in [2.05, 4.69) is 9.80 Å². The normalized spacial score (nSPS) is 28.1. The maximum atomic E-state index is 14.2. The average Bonchev–Trinajstić information content (AvgIpc) is 3.26. The zero-order valence-corrected chi connectivity index (χ0v) is 25.1. The molecule has 3 heterocycles. The molecule has 2 saturated heterocycles. The molecule has 1 aliphatic carbocycles. The number of carbonyl (C=O) groups is 3. The summed E-state index contributed by atoms with van der Waals surface area (Å²) in [6.07, 6.45) is 6.13. The van der Waals surface area contributed by atoms with Gasteiger partial charge in [0.25, 0.3) is 11.8 Å². The van der Waals surface area contributed by atoms with E-state index < -0.39 is 11.2 Å². The Morgan fingerprint density at radius 2 is 1.74 bits per heavy atom. The van der Waals surface area contributed by atoms with Gasteiger partial charge in [0.15, 0.2) is 0 Å². The average molecular weight is 574 g/mol. The van der Waals surface area contributed by atoms with Gasteiger partial charge in [0.05, 0.1) is 40.5 Å². The van der Waals surface area contributed by atoms with Crippen molar-refractivity contribution in [2.75, 3.05) is 38.2 Å². The molecule has 3 fully saturated rings. The third-order valence-corrected chi connectivity index (χ3v) is 10.2. The van der Waals surface area contributed by atoms with Crippen LogP contribution in [0.4, 0.5) is 5.69 Å². The number of aliphatic hydroxyl groups is 1. The quantitative estimate of drug-likeness (QED) is 0.508. The molecule has 4 aliphatic rings. The summed E-state index contributed by atoms with van der Waals surface area (Å²) in [6.45, 7) is 5.66. The SMILES string of the molecule is COC(C)(C)CN1C(=O)c2cccc(N3CCCC(C(=O)N4CC[C@](O)(c5ccccc5)[C@@H]5CCCC[C@@H]54)C3)c2C1=O. The predicted molar refractivity (Wildman–Crippen MR) is 160 cm³/mol. The van der Waals surface area contributed by atoms with Gasteiger partial charge < -0.3 is 19.6 Å². The highest BCUT2D eigenvalue weighted by Crippen LogP contribution is 2.47. The highest BCUT2D eigenvalue weighted by Gasteiger charge is 2.51. The lowest BCUT2D eigenvalue weighted by atomic mass is 9.66. The minimum Gasteiger partial charge on any atom is -0.385 e. The molecule has 42 heavy (non-hydrogen) atoms. The molecule has 3 amide bonds. The third-order valence-electron chi connectivity index (χ3n) is 10.2. The lowest BCUT2D eigenvalue weighted by Crippen LogP contribution is -2.60. The van der Waals surface area contributed by atoms with Crippen LogP contribution >= 0.6 is 0 Å². The second kappa shape index (κ2) is 11.1. The Labute approximate surface area is 248 Å². The summed E-state index contributed by atoms with van der Waals surface area (Å²) in [5, 5.41) is 12.0. The summed E-state index contributed by atoms with van der Waals surface area (Å²) in [5.74, 6) is -0.616. The Bertz CT molecular complexity index is 1360. The first-order valence-electron chi connectivity index (χ1n) is 15.5. The molecule has 1 unspecified atom stereocenters. The molecule has 4 atom stereocenters. The number of fused-ring (bicyclic) bond motifs is 2. The van der Waals surface area contributed by atoms with E-state index in [1.165, 1.54) is 4.90 Å². The number of rotatable bonds is 6. The van der Waals surface area contributed by atoms with Gasteiger partial charge in [-0.2, -0.15) is 0 Å². The summed E-state index contributed by atoms with van der Waals surface area (Å²) < 4.78 is 5.50. The summed E-state index contributed by atoms with van der Waals surface area (Å²) in [7, 11) is 1.58. The maximum Gasteiger partial charge on any atom is 0.263 e. The largest absolute Gasteiger partial charge is 0.385 e. The van der Waals surface area contributed by atoms with Crippen LogP contribution in [0.25, 0.3) is 0 Å². The number of benzene rings is 2. The number of hydrogen-bond donors (Lipinski definition) is 1. The van der Waals surface area contributed by atoms with Gasteiger partial charge in [-0.25, -0.2) is 0 Å². The number of nitrogens with zero attached hydrogens (tertiary/aromatic N) is 3. The van der Waals surface area contributed by atoms with Crippen LogP contribution < -0.4 is 4.90 Å². The zero-order chi connectivity index (χ0) is 29.6. The molecule has 6 rings (SSSR count). The third kappa shape index (κ3) is 4.92. The predicted octanol–water partition coefficient (Wildman–Crippen LogP) is 4.60. The van der Waals surface area contributed by atoms with E-state index in [1.54, 1.807) is 13.2 Å². The first kappa shape index (κ1) is 28.9. The standard InChI is InChI=1S/C34H43N3O5/c1-33(2,42-3)22-37-31(39)25-14-9-17-28(29(25)32(37)40)35-19-10-11-23(21-35)30(38)36-20-18-34(41,24-12-5-4-6-13-24)26-15-7-8-16-27(26)36/h4-6,9,12-14,17,23,26-27,41H,7-8,10-11,15-16,18-22H2,1-3H3/t23?,26-,27+,34+/m1/s1. The number of carbonyl (C=O) groups excluding carboxylic acids is 3. The number of amides is 3. The summed E-state index contributed by atoms with van der Waals surface area (Å²) in [4.78, 5) is 46.5. The van der Waals surface area contributed by atoms with Gasteiger partial charge in [-0.3, -0.25) is 19.3 Å². The van der Waals surface area contributed by atoms with Gasteiger partial charge in [-0.05, 0) is 63.6 Å². The minimum absolute atomic E-state index is 0.0226. The van der Waals surface area contributed by atoms with Crippen molar-refractivity contribution in [1.82, 2.24) is 9.80 Å². The van der Waals surface area contributed by atoms with Crippen molar-refractivity contribution in [3.8, 4) is 0 Å². The lowest BCUT2D eigenvalue weighted by Gasteiger charge is -2.53. The second-order valence-electron chi connectivity index (χ2n) is 13.2. The molecule has 8 heteroatoms. The fourth-order valence-electron chi connectivity index (χ4n) is 7.84. The van der Waals surface area contributed by atoms with Crippen LogP contribution in [0.3, 0.4) is 0 Å². The molecular weight excluding hydrogens is 530 g/mol. The van der Waals surface area contributed by atoms with Crippen LogP contribution in [-0.2, 0) is 15.1 Å². The van der Waals surface area contributed by atoms with E-state index in [4.69, 9.17) is 4.74 Å². The van der Waals surface area contributed by atoms with Crippen LogP contribution in [0.15, 0.2) is 48.5 Å². The Morgan fingerprint density at radius 1 is 0.976 bits per heavy atom. The number of methoxy groups -OCH3 is 1. The van der Waals surface area contributed by atoms with Gasteiger partial charge in [0, 0.05) is 38.7 Å². The van der Waals surface area contributed by atoms with Gasteiger partial charge in [-0.1, -0.05) is 49.2 Å². The molecule has 0 radical (unpaired) electrons. The molecule has 0 bridgehead atoms. The Morgan fingerprint density at radius 3 is 2.50 bits per heavy atom. The van der Waals surface area contributed by atoms with Crippen molar-refractivity contribution in [3.63, 3.8) is 0 Å². The minimum atomic E-state index is -0.914. The van der Waals surface area contributed by atoms with E-state index in [0.717, 1.165) is 56.3 Å². The van der Waals surface area contributed by atoms with Crippen molar-refractivity contribution < 1.29 is 24.2 Å². The zero-order valence-electron chi connectivity index (χ0n) is 25.1. The number of piperidine rings is 2. The maximum absolute atomic E-state index is 14.2. The second-order valence-corrected chi connectivity index (χ2v) is 13.2. The number of anilines is 1. The molecule has 224 valence electrons. The molecule has 8 nitrogen and oxygen atoms in total. The number of ether oxygens (including phenoxy) is 1. The fraction of sp³-hybridized carbons (Fsp3) is 0.559. The smallest absolute Gasteiger partial charge is 0.263 e. The van der Waals surface area contributed by atoms with Gasteiger partial charge in [-0.15, -0.1) is 0 Å². The van der Waals surface area contributed by atoms with E-state index in [1.807, 2.05) is 56.3 Å². The van der Waals surface area contributed by atoms with Crippen LogP contribution in [0, 0.1) is 11.8 Å². The van der Waals surface area contributed by atoms with Crippen molar-refractivity contribution in [2.24, 2.45) is 11.8 Å². The summed E-state index contributed by atoms with van der Waals surface area (Å²) in [5.41, 5.74) is 0.961. The van der Waals surface area contributed by atoms with Crippen LogP contribution in [-0.4, -0.2) is 77.6 Å². The highest BCUT2D eigenvalue weighted by molar-refractivity contribution is 6.23. The number of imide groups is 1. The van der Waals surface area contributed by atoms with Crippen molar-refractivity contribution >= 4 is 23.4 Å². The highest BCUT2D eigenvalue weighted by atomic mass is 16.5.